The van der Waals surface area contributed by atoms with Crippen LogP contribution in [0.15, 0.2) is 0 Å². The van der Waals surface area contributed by atoms with Crippen LogP contribution in [0.2, 0.25) is 0 Å². The minimum Gasteiger partial charge on any atom is -0.395 e. The van der Waals surface area contributed by atoms with Crippen molar-refractivity contribution in [3.8, 4) is 0 Å². The van der Waals surface area contributed by atoms with E-state index in [4.69, 9.17) is 0 Å². The van der Waals surface area contributed by atoms with Crippen LogP contribution in [0.4, 0.5) is 0 Å². The Bertz CT molecular complexity index is 224. The summed E-state index contributed by atoms with van der Waals surface area (Å²) in [5.74, 6) is 0. The van der Waals surface area contributed by atoms with E-state index >= 15 is 0 Å². The molecule has 0 amide bonds. The average Bonchev–Trinajstić information content (AvgIpc) is 2.97. The predicted octanol–water partition coefficient (Wildman–Crippen LogP) is 1.22. The van der Waals surface area contributed by atoms with Crippen molar-refractivity contribution in [2.24, 2.45) is 5.41 Å². The van der Waals surface area contributed by atoms with Gasteiger partial charge in [-0.05, 0) is 44.2 Å². The van der Waals surface area contributed by atoms with E-state index in [-0.39, 0.29) is 6.61 Å². The molecule has 1 unspecified atom stereocenters. The largest absolute Gasteiger partial charge is 0.395 e. The van der Waals surface area contributed by atoms with Gasteiger partial charge in [0.25, 0.3) is 0 Å². The van der Waals surface area contributed by atoms with Crippen LogP contribution in [-0.2, 0) is 0 Å². The summed E-state index contributed by atoms with van der Waals surface area (Å²) >= 11 is 0. The molecule has 2 rings (SSSR count). The molecule has 94 valence electrons. The zero-order valence-corrected chi connectivity index (χ0v) is 10.7. The minimum absolute atomic E-state index is 0.285. The summed E-state index contributed by atoms with van der Waals surface area (Å²) in [7, 11) is 0. The third-order valence-electron chi connectivity index (χ3n) is 3.82. The first-order valence-electron chi connectivity index (χ1n) is 6.68. The van der Waals surface area contributed by atoms with Crippen LogP contribution < -0.4 is 5.32 Å². The zero-order valence-electron chi connectivity index (χ0n) is 10.7. The molecule has 1 saturated carbocycles. The monoisotopic (exact) mass is 226 g/mol. The second-order valence-electron chi connectivity index (χ2n) is 6.30. The summed E-state index contributed by atoms with van der Waals surface area (Å²) in [6.45, 7) is 8.56. The molecular weight excluding hydrogens is 200 g/mol. The lowest BCUT2D eigenvalue weighted by Gasteiger charge is -2.22. The van der Waals surface area contributed by atoms with Crippen LogP contribution in [0.3, 0.4) is 0 Å². The first-order valence-corrected chi connectivity index (χ1v) is 6.68. The van der Waals surface area contributed by atoms with Crippen molar-refractivity contribution >= 4 is 0 Å². The molecular formula is C13H26N2O. The molecule has 2 aliphatic rings. The van der Waals surface area contributed by atoms with Gasteiger partial charge < -0.3 is 15.3 Å². The van der Waals surface area contributed by atoms with Gasteiger partial charge in [-0.15, -0.1) is 0 Å². The third kappa shape index (κ3) is 3.72. The van der Waals surface area contributed by atoms with Crippen molar-refractivity contribution in [1.82, 2.24) is 10.2 Å². The van der Waals surface area contributed by atoms with Crippen molar-refractivity contribution in [3.05, 3.63) is 0 Å². The lowest BCUT2D eigenvalue weighted by Crippen LogP contribution is -2.37. The van der Waals surface area contributed by atoms with Crippen molar-refractivity contribution < 1.29 is 5.11 Å². The van der Waals surface area contributed by atoms with Gasteiger partial charge in [0, 0.05) is 18.6 Å². The smallest absolute Gasteiger partial charge is 0.0585 e. The molecule has 3 nitrogen and oxygen atoms in total. The van der Waals surface area contributed by atoms with E-state index in [0.29, 0.717) is 17.5 Å². The van der Waals surface area contributed by atoms with E-state index in [1.807, 2.05) is 0 Å². The molecule has 2 N–H and O–H groups in total. The van der Waals surface area contributed by atoms with Gasteiger partial charge in [-0.2, -0.15) is 0 Å². The highest BCUT2D eigenvalue weighted by Gasteiger charge is 2.29. The lowest BCUT2D eigenvalue weighted by atomic mass is 9.93. The van der Waals surface area contributed by atoms with Crippen molar-refractivity contribution in [1.29, 1.82) is 0 Å². The van der Waals surface area contributed by atoms with Crippen molar-refractivity contribution in [2.75, 3.05) is 26.2 Å². The number of nitrogens with zero attached hydrogens (tertiary/aromatic N) is 1. The van der Waals surface area contributed by atoms with E-state index < -0.39 is 0 Å². The molecule has 1 atom stereocenters. The number of hydrogen-bond acceptors (Lipinski definition) is 3. The van der Waals surface area contributed by atoms with Crippen LogP contribution in [-0.4, -0.2) is 48.3 Å². The lowest BCUT2D eigenvalue weighted by molar-refractivity contribution is 0.211. The number of rotatable bonds is 6. The molecule has 0 aromatic rings. The molecule has 0 bridgehead atoms. The van der Waals surface area contributed by atoms with Crippen molar-refractivity contribution in [3.63, 3.8) is 0 Å². The van der Waals surface area contributed by atoms with E-state index in [1.165, 1.54) is 32.4 Å². The molecule has 3 heteroatoms. The Morgan fingerprint density at radius 3 is 2.69 bits per heavy atom. The second-order valence-corrected chi connectivity index (χ2v) is 6.30. The van der Waals surface area contributed by atoms with Gasteiger partial charge in [0.05, 0.1) is 6.61 Å². The average molecular weight is 226 g/mol. The maximum Gasteiger partial charge on any atom is 0.0585 e. The van der Waals surface area contributed by atoms with Crippen molar-refractivity contribution in [2.45, 2.75) is 51.6 Å². The second kappa shape index (κ2) is 5.03. The third-order valence-corrected chi connectivity index (χ3v) is 3.82. The number of nitrogens with one attached hydrogen (secondary N) is 1. The molecule has 0 aromatic heterocycles. The molecule has 1 heterocycles. The summed E-state index contributed by atoms with van der Waals surface area (Å²) < 4.78 is 0. The fourth-order valence-electron chi connectivity index (χ4n) is 2.56. The van der Waals surface area contributed by atoms with Gasteiger partial charge in [-0.3, -0.25) is 0 Å². The molecule has 0 radical (unpaired) electrons. The fraction of sp³-hybridized carbons (Fsp3) is 1.00. The van der Waals surface area contributed by atoms with Crippen LogP contribution >= 0.6 is 0 Å². The molecule has 2 fully saturated rings. The Hall–Kier alpha value is -0.120. The highest BCUT2D eigenvalue weighted by Crippen LogP contribution is 2.28. The zero-order chi connectivity index (χ0) is 11.6. The number of aliphatic hydroxyl groups excluding tert-OH is 1. The first-order chi connectivity index (χ1) is 7.59. The maximum absolute atomic E-state index is 9.30. The SMILES string of the molecule is CC1(C)CCN(CCC(CO)NC2CC2)C1. The summed E-state index contributed by atoms with van der Waals surface area (Å²) in [6.07, 6.45) is 5.00. The first kappa shape index (κ1) is 12.3. The van der Waals surface area contributed by atoms with E-state index in [0.717, 1.165) is 13.0 Å². The van der Waals surface area contributed by atoms with Crippen LogP contribution in [0.25, 0.3) is 0 Å². The van der Waals surface area contributed by atoms with Gasteiger partial charge in [-0.1, -0.05) is 13.8 Å². The Morgan fingerprint density at radius 1 is 1.44 bits per heavy atom. The standard InChI is InChI=1S/C13H26N2O/c1-13(2)6-8-15(10-13)7-5-12(9-16)14-11-3-4-11/h11-12,14,16H,3-10H2,1-2H3. The molecule has 0 aromatic carbocycles. The number of hydrogen-bond donors (Lipinski definition) is 2. The van der Waals surface area contributed by atoms with Gasteiger partial charge >= 0.3 is 0 Å². The fourth-order valence-corrected chi connectivity index (χ4v) is 2.56. The van der Waals surface area contributed by atoms with Crippen LogP contribution in [0.1, 0.15) is 39.5 Å². The summed E-state index contributed by atoms with van der Waals surface area (Å²) in [4.78, 5) is 2.54. The van der Waals surface area contributed by atoms with E-state index in [9.17, 15) is 5.11 Å². The molecule has 16 heavy (non-hydrogen) atoms. The van der Waals surface area contributed by atoms with Gasteiger partial charge in [-0.25, -0.2) is 0 Å². The Morgan fingerprint density at radius 2 is 2.19 bits per heavy atom. The molecule has 0 spiro atoms. The van der Waals surface area contributed by atoms with Crippen LogP contribution in [0, 0.1) is 5.41 Å². The van der Waals surface area contributed by atoms with Crippen LogP contribution in [0.5, 0.6) is 0 Å². The molecule has 1 aliphatic carbocycles. The quantitative estimate of drug-likeness (QED) is 0.715. The number of aliphatic hydroxyl groups is 1. The van der Waals surface area contributed by atoms with Gasteiger partial charge in [0.1, 0.15) is 0 Å². The maximum atomic E-state index is 9.30. The summed E-state index contributed by atoms with van der Waals surface area (Å²) in [5.41, 5.74) is 0.499. The predicted molar refractivity (Wildman–Crippen MR) is 66.5 cm³/mol. The summed E-state index contributed by atoms with van der Waals surface area (Å²) in [6, 6.07) is 1.02. The highest BCUT2D eigenvalue weighted by atomic mass is 16.3. The Labute approximate surface area is 99.2 Å². The van der Waals surface area contributed by atoms with Gasteiger partial charge in [0.2, 0.25) is 0 Å². The Kier molecular flexibility index (Phi) is 3.88. The van der Waals surface area contributed by atoms with E-state index in [2.05, 4.69) is 24.1 Å². The van der Waals surface area contributed by atoms with E-state index in [1.54, 1.807) is 0 Å². The number of likely N-dealkylation sites (tertiary alicyclic amines) is 1. The van der Waals surface area contributed by atoms with Gasteiger partial charge in [0.15, 0.2) is 0 Å². The Balaban J connectivity index is 1.65. The topological polar surface area (TPSA) is 35.5 Å². The minimum atomic E-state index is 0.285. The molecule has 1 aliphatic heterocycles. The molecule has 1 saturated heterocycles. The highest BCUT2D eigenvalue weighted by molar-refractivity contribution is 4.86. The summed E-state index contributed by atoms with van der Waals surface area (Å²) in [5, 5.41) is 12.8. The normalized spacial score (nSPS) is 27.2.